The third-order valence-electron chi connectivity index (χ3n) is 5.90. The van der Waals surface area contributed by atoms with Crippen LogP contribution in [0.4, 0.5) is 0 Å². The van der Waals surface area contributed by atoms with Crippen LogP contribution in [0, 0.1) is 0 Å². The van der Waals surface area contributed by atoms with Gasteiger partial charge < -0.3 is 0 Å². The van der Waals surface area contributed by atoms with E-state index in [1.807, 2.05) is 55.0 Å². The summed E-state index contributed by atoms with van der Waals surface area (Å²) in [6.07, 6.45) is 24.6. The van der Waals surface area contributed by atoms with Crippen molar-refractivity contribution in [2.45, 2.75) is 0 Å². The van der Waals surface area contributed by atoms with Crippen molar-refractivity contribution in [1.82, 2.24) is 69.4 Å². The largest absolute Gasteiger partial charge is 0.275 e. The molecule has 220 valence electrons. The molecule has 0 amide bonds. The number of aromatic nitrogens is 14. The van der Waals surface area contributed by atoms with Crippen LogP contribution >= 0.6 is 15.9 Å². The normalized spacial score (nSPS) is 10.3. The number of hydrogen-bond acceptors (Lipinski definition) is 10. The van der Waals surface area contributed by atoms with E-state index in [-0.39, 0.29) is 0 Å². The van der Waals surface area contributed by atoms with Crippen LogP contribution in [0.25, 0.3) is 40.1 Å². The van der Waals surface area contributed by atoms with E-state index in [9.17, 15) is 0 Å². The van der Waals surface area contributed by atoms with Crippen LogP contribution in [0.15, 0.2) is 140 Å². The molecule has 0 aliphatic heterocycles. The van der Waals surface area contributed by atoms with Gasteiger partial charge in [-0.15, -0.1) is 0 Å². The van der Waals surface area contributed by atoms with Crippen molar-refractivity contribution in [2.75, 3.05) is 0 Å². The van der Waals surface area contributed by atoms with Crippen molar-refractivity contribution in [3.8, 4) is 40.1 Å². The van der Waals surface area contributed by atoms with E-state index in [0.717, 1.165) is 32.9 Å². The molecule has 0 bridgehead atoms. The summed E-state index contributed by atoms with van der Waals surface area (Å²) in [5.41, 5.74) is 4.27. The van der Waals surface area contributed by atoms with E-state index >= 15 is 0 Å². The van der Waals surface area contributed by atoms with E-state index in [4.69, 9.17) is 0 Å². The van der Waals surface area contributed by atoms with Gasteiger partial charge in [0.1, 0.15) is 17.1 Å². The first kappa shape index (κ1) is 28.9. The number of aromatic amines is 1. The Morgan fingerprint density at radius 2 is 1.20 bits per heavy atom. The third-order valence-corrected chi connectivity index (χ3v) is 6.31. The predicted octanol–water partition coefficient (Wildman–Crippen LogP) is 4.81. The number of rotatable bonds is 5. The molecule has 0 saturated heterocycles. The summed E-state index contributed by atoms with van der Waals surface area (Å²) in [6.45, 7) is 0. The molecule has 14 nitrogen and oxygen atoms in total. The summed E-state index contributed by atoms with van der Waals surface area (Å²) >= 11 is 3.33. The Hall–Kier alpha value is -6.22. The molecule has 0 fully saturated rings. The summed E-state index contributed by atoms with van der Waals surface area (Å²) in [6, 6.07) is 14.9. The fraction of sp³-hybridized carbons (Fsp3) is 0. The van der Waals surface area contributed by atoms with E-state index in [2.05, 4.69) is 71.3 Å². The molecule has 8 heterocycles. The van der Waals surface area contributed by atoms with Gasteiger partial charge >= 0.3 is 0 Å². The van der Waals surface area contributed by atoms with Gasteiger partial charge in [-0.2, -0.15) is 20.4 Å². The van der Waals surface area contributed by atoms with E-state index in [1.54, 1.807) is 94.3 Å². The van der Waals surface area contributed by atoms with Crippen molar-refractivity contribution >= 4 is 15.9 Å². The zero-order chi connectivity index (χ0) is 30.7. The summed E-state index contributed by atoms with van der Waals surface area (Å²) < 4.78 is 6.22. The first-order valence-electron chi connectivity index (χ1n) is 13.4. The summed E-state index contributed by atoms with van der Waals surface area (Å²) in [5, 5.41) is 19.5. The Balaban J connectivity index is 0.000000131. The second-order valence-electron chi connectivity index (χ2n) is 8.93. The maximum atomic E-state index is 4.48. The second kappa shape index (κ2) is 14.3. The first-order valence-corrected chi connectivity index (χ1v) is 14.2. The summed E-state index contributed by atoms with van der Waals surface area (Å²) in [4.78, 5) is 24.5. The topological polar surface area (TPSA) is 159 Å². The zero-order valence-electron chi connectivity index (χ0n) is 23.4. The number of nitrogens with one attached hydrogen (secondary N) is 1. The van der Waals surface area contributed by atoms with Crippen LogP contribution in [-0.2, 0) is 0 Å². The quantitative estimate of drug-likeness (QED) is 0.272. The lowest BCUT2D eigenvalue weighted by atomic mass is 10.4. The average Bonchev–Trinajstić information content (AvgIpc) is 3.95. The molecule has 8 rings (SSSR count). The molecule has 0 spiro atoms. The van der Waals surface area contributed by atoms with E-state index in [1.165, 1.54) is 0 Å². The Labute approximate surface area is 264 Å². The van der Waals surface area contributed by atoms with Crippen molar-refractivity contribution in [3.63, 3.8) is 0 Å². The molecular formula is C30H23BrN14. The number of halogens is 1. The number of pyridine rings is 2. The van der Waals surface area contributed by atoms with Crippen molar-refractivity contribution in [1.29, 1.82) is 0 Å². The highest BCUT2D eigenvalue weighted by atomic mass is 79.9. The Morgan fingerprint density at radius 3 is 1.78 bits per heavy atom. The third kappa shape index (κ3) is 7.60. The molecule has 45 heavy (non-hydrogen) atoms. The lowest BCUT2D eigenvalue weighted by Crippen LogP contribution is -1.96. The van der Waals surface area contributed by atoms with Gasteiger partial charge in [0.25, 0.3) is 0 Å². The molecule has 0 saturated carbocycles. The lowest BCUT2D eigenvalue weighted by Gasteiger charge is -1.98. The van der Waals surface area contributed by atoms with Crippen molar-refractivity contribution in [2.24, 2.45) is 0 Å². The molecule has 1 N–H and O–H groups in total. The fourth-order valence-electron chi connectivity index (χ4n) is 3.83. The Morgan fingerprint density at radius 1 is 0.556 bits per heavy atom. The summed E-state index contributed by atoms with van der Waals surface area (Å²) in [5.74, 6) is 1.27. The molecule has 8 aromatic rings. The van der Waals surface area contributed by atoms with Crippen LogP contribution in [0.5, 0.6) is 0 Å². The van der Waals surface area contributed by atoms with Crippen LogP contribution in [0.3, 0.4) is 0 Å². The molecular weight excluding hydrogens is 636 g/mol. The fourth-order valence-corrected chi connectivity index (χ4v) is 4.12. The van der Waals surface area contributed by atoms with Crippen LogP contribution < -0.4 is 0 Å². The highest BCUT2D eigenvalue weighted by Gasteiger charge is 2.08. The molecule has 0 atom stereocenters. The lowest BCUT2D eigenvalue weighted by molar-refractivity contribution is 0.864. The van der Waals surface area contributed by atoms with Crippen molar-refractivity contribution < 1.29 is 0 Å². The highest BCUT2D eigenvalue weighted by Crippen LogP contribution is 2.15. The molecule has 15 heteroatoms. The smallest absolute Gasteiger partial charge is 0.180 e. The number of H-pyrrole nitrogens is 1. The van der Waals surface area contributed by atoms with Crippen LogP contribution in [-0.4, -0.2) is 69.4 Å². The minimum Gasteiger partial charge on any atom is -0.275 e. The van der Waals surface area contributed by atoms with Gasteiger partial charge in [0.05, 0.1) is 46.8 Å². The van der Waals surface area contributed by atoms with Gasteiger partial charge in [-0.05, 0) is 64.5 Å². The Bertz CT molecular complexity index is 1930. The van der Waals surface area contributed by atoms with Crippen LogP contribution in [0.1, 0.15) is 0 Å². The minimum atomic E-state index is 0.598. The van der Waals surface area contributed by atoms with Gasteiger partial charge in [0, 0.05) is 55.8 Å². The van der Waals surface area contributed by atoms with Crippen molar-refractivity contribution in [3.05, 3.63) is 140 Å². The van der Waals surface area contributed by atoms with E-state index in [0.29, 0.717) is 11.6 Å². The monoisotopic (exact) mass is 658 g/mol. The standard InChI is InChI=1S/C15H11N7.C8H6BrN3.C7H6N4/c1-3-12(9-16-5-1)22-11-13(10-19-22)21-8-4-14(20-21)15-17-6-2-7-18-15;9-7-4-11-12(6-7)8-2-1-3-10-5-8;1-3-8-7(9-4-1)6-2-5-10-11-6/h1-11H;1-6H;1-5H,(H,10,11). The first-order chi connectivity index (χ1) is 22.2. The molecule has 8 aromatic heterocycles. The minimum absolute atomic E-state index is 0.598. The second-order valence-corrected chi connectivity index (χ2v) is 9.85. The van der Waals surface area contributed by atoms with Gasteiger partial charge in [0.2, 0.25) is 0 Å². The van der Waals surface area contributed by atoms with Gasteiger partial charge in [0.15, 0.2) is 11.6 Å². The van der Waals surface area contributed by atoms with E-state index < -0.39 is 0 Å². The maximum absolute atomic E-state index is 4.48. The van der Waals surface area contributed by atoms with Gasteiger partial charge in [-0.25, -0.2) is 34.0 Å². The highest BCUT2D eigenvalue weighted by molar-refractivity contribution is 9.10. The molecule has 0 aliphatic carbocycles. The van der Waals surface area contributed by atoms with Gasteiger partial charge in [-0.1, -0.05) is 0 Å². The summed E-state index contributed by atoms with van der Waals surface area (Å²) in [7, 11) is 0. The molecule has 0 unspecified atom stereocenters. The molecule has 0 aliphatic rings. The number of nitrogens with zero attached hydrogens (tertiary/aromatic N) is 13. The molecule has 0 radical (unpaired) electrons. The SMILES string of the molecule is Brc1cnn(-c2cccnc2)c1.c1cnc(-c2ccn(-c3cnn(-c4cccnc4)c3)n2)nc1.c1cnc(-c2ccn[nH]2)nc1. The Kier molecular flexibility index (Phi) is 9.18. The van der Waals surface area contributed by atoms with Gasteiger partial charge in [-0.3, -0.25) is 15.1 Å². The number of hydrogen-bond donors (Lipinski definition) is 1. The zero-order valence-corrected chi connectivity index (χ0v) is 25.0. The predicted molar refractivity (Wildman–Crippen MR) is 168 cm³/mol. The maximum Gasteiger partial charge on any atom is 0.180 e. The van der Waals surface area contributed by atoms with Crippen LogP contribution in [0.2, 0.25) is 0 Å². The molecule has 0 aromatic carbocycles. The average molecular weight is 660 g/mol.